The van der Waals surface area contributed by atoms with Gasteiger partial charge in [0.2, 0.25) is 5.91 Å². The van der Waals surface area contributed by atoms with Crippen LogP contribution in [-0.2, 0) is 29.2 Å². The molecule has 3 rings (SSSR count). The van der Waals surface area contributed by atoms with Gasteiger partial charge in [-0.05, 0) is 13.8 Å². The minimum atomic E-state index is -0.0409. The first-order chi connectivity index (χ1) is 12.0. The average molecular weight is 347 g/mol. The van der Waals surface area contributed by atoms with Crippen molar-refractivity contribution in [3.63, 3.8) is 0 Å². The minimum Gasteiger partial charge on any atom is -0.365 e. The van der Waals surface area contributed by atoms with Gasteiger partial charge in [0.25, 0.3) is 0 Å². The van der Waals surface area contributed by atoms with Crippen LogP contribution in [0.15, 0.2) is 16.8 Å². The number of aryl methyl sites for hydroxylation is 1. The number of likely N-dealkylation sites (N-methyl/N-ethyl adjacent to an activating group) is 1. The van der Waals surface area contributed by atoms with E-state index in [1.165, 1.54) is 4.90 Å². The Balaban J connectivity index is 1.62. The molecule has 0 radical (unpaired) electrons. The normalized spacial score (nSPS) is 17.5. The third-order valence-electron chi connectivity index (χ3n) is 4.52. The minimum absolute atomic E-state index is 0.0409. The van der Waals surface area contributed by atoms with Gasteiger partial charge in [0, 0.05) is 39.8 Å². The smallest absolute Gasteiger partial charge is 0.248 e. The molecule has 1 aliphatic rings. The van der Waals surface area contributed by atoms with Gasteiger partial charge in [-0.1, -0.05) is 5.16 Å². The number of carbonyl (C=O) groups is 1. The van der Waals surface area contributed by atoms with Crippen molar-refractivity contribution < 1.29 is 14.1 Å². The summed E-state index contributed by atoms with van der Waals surface area (Å²) in [6.07, 6.45) is 1.84. The van der Waals surface area contributed by atoms with E-state index >= 15 is 0 Å². The molecule has 0 bridgehead atoms. The zero-order chi connectivity index (χ0) is 18.0. The fourth-order valence-corrected chi connectivity index (χ4v) is 3.01. The van der Waals surface area contributed by atoms with Gasteiger partial charge >= 0.3 is 0 Å². The molecule has 8 heteroatoms. The quantitative estimate of drug-likeness (QED) is 0.785. The van der Waals surface area contributed by atoms with E-state index in [2.05, 4.69) is 26.5 Å². The van der Waals surface area contributed by atoms with Gasteiger partial charge in [0.05, 0.1) is 30.2 Å². The molecule has 1 aliphatic heterocycles. The Kier molecular flexibility index (Phi) is 5.19. The van der Waals surface area contributed by atoms with Gasteiger partial charge < -0.3 is 18.7 Å². The summed E-state index contributed by atoms with van der Waals surface area (Å²) in [4.78, 5) is 20.0. The zero-order valence-corrected chi connectivity index (χ0v) is 15.2. The molecule has 0 N–H and O–H groups in total. The highest BCUT2D eigenvalue weighted by molar-refractivity contribution is 5.76. The maximum atomic E-state index is 11.6. The van der Waals surface area contributed by atoms with Crippen LogP contribution >= 0.6 is 0 Å². The second-order valence-corrected chi connectivity index (χ2v) is 6.62. The van der Waals surface area contributed by atoms with Gasteiger partial charge in [-0.3, -0.25) is 9.69 Å². The molecule has 0 aromatic carbocycles. The summed E-state index contributed by atoms with van der Waals surface area (Å²) >= 11 is 0. The summed E-state index contributed by atoms with van der Waals surface area (Å²) in [6.45, 7) is 7.01. The van der Waals surface area contributed by atoms with Crippen LogP contribution in [0.4, 0.5) is 0 Å². The first-order valence-electron chi connectivity index (χ1n) is 8.44. The number of fused-ring (bicyclic) bond motifs is 1. The second-order valence-electron chi connectivity index (χ2n) is 6.62. The fraction of sp³-hybridized carbons (Fsp3) is 0.588. The van der Waals surface area contributed by atoms with Crippen molar-refractivity contribution in [2.45, 2.75) is 39.6 Å². The number of ether oxygens (including phenoxy) is 1. The van der Waals surface area contributed by atoms with Crippen LogP contribution in [0.2, 0.25) is 0 Å². The standard InChI is InChI=1S/C17H25N5O3/c1-12-7-14(19-25-12)9-21-5-6-22-15(8-18-17(22)13(21)2)10-24-11-16(23)20(3)4/h7-8,13H,5-6,9-11H2,1-4H3. The maximum absolute atomic E-state index is 11.6. The molecule has 0 spiro atoms. The van der Waals surface area contributed by atoms with Gasteiger partial charge in [-0.2, -0.15) is 0 Å². The van der Waals surface area contributed by atoms with Crippen LogP contribution in [0, 0.1) is 6.92 Å². The van der Waals surface area contributed by atoms with Crippen molar-refractivity contribution in [1.82, 2.24) is 24.5 Å². The summed E-state index contributed by atoms with van der Waals surface area (Å²) in [5.74, 6) is 1.80. The van der Waals surface area contributed by atoms with Crippen molar-refractivity contribution in [1.29, 1.82) is 0 Å². The molecule has 0 saturated heterocycles. The van der Waals surface area contributed by atoms with E-state index in [1.54, 1.807) is 14.1 Å². The molecule has 2 aromatic heterocycles. The van der Waals surface area contributed by atoms with Crippen LogP contribution in [0.25, 0.3) is 0 Å². The van der Waals surface area contributed by atoms with Gasteiger partial charge in [-0.25, -0.2) is 4.98 Å². The van der Waals surface area contributed by atoms with Gasteiger partial charge in [0.15, 0.2) is 0 Å². The number of aromatic nitrogens is 3. The third kappa shape index (κ3) is 3.91. The lowest BCUT2D eigenvalue weighted by Gasteiger charge is -2.33. The molecule has 1 amide bonds. The number of carbonyl (C=O) groups excluding carboxylic acids is 1. The maximum Gasteiger partial charge on any atom is 0.248 e. The predicted molar refractivity (Wildman–Crippen MR) is 90.6 cm³/mol. The molecule has 2 aromatic rings. The molecule has 0 saturated carbocycles. The highest BCUT2D eigenvalue weighted by Crippen LogP contribution is 2.27. The third-order valence-corrected chi connectivity index (χ3v) is 4.52. The lowest BCUT2D eigenvalue weighted by molar-refractivity contribution is -0.134. The number of hydrogen-bond acceptors (Lipinski definition) is 6. The van der Waals surface area contributed by atoms with E-state index in [9.17, 15) is 4.79 Å². The zero-order valence-electron chi connectivity index (χ0n) is 15.2. The van der Waals surface area contributed by atoms with Crippen molar-refractivity contribution in [2.75, 3.05) is 27.2 Å². The Morgan fingerprint density at radius 1 is 1.44 bits per heavy atom. The summed E-state index contributed by atoms with van der Waals surface area (Å²) < 4.78 is 12.9. The van der Waals surface area contributed by atoms with E-state index in [0.29, 0.717) is 6.61 Å². The Morgan fingerprint density at radius 2 is 2.24 bits per heavy atom. The van der Waals surface area contributed by atoms with Crippen LogP contribution in [-0.4, -0.2) is 57.7 Å². The molecule has 0 aliphatic carbocycles. The average Bonchev–Trinajstić information content (AvgIpc) is 3.17. The predicted octanol–water partition coefficient (Wildman–Crippen LogP) is 1.36. The molecular weight excluding hydrogens is 322 g/mol. The Labute approximate surface area is 147 Å². The van der Waals surface area contributed by atoms with Crippen molar-refractivity contribution in [3.8, 4) is 0 Å². The van der Waals surface area contributed by atoms with E-state index in [1.807, 2.05) is 19.2 Å². The topological polar surface area (TPSA) is 76.6 Å². The number of nitrogens with zero attached hydrogens (tertiary/aromatic N) is 5. The largest absolute Gasteiger partial charge is 0.365 e. The lowest BCUT2D eigenvalue weighted by Crippen LogP contribution is -2.37. The SMILES string of the molecule is Cc1cc(CN2CCn3c(COCC(=O)N(C)C)cnc3C2C)no1. The molecular formula is C17H25N5O3. The van der Waals surface area contributed by atoms with Crippen LogP contribution < -0.4 is 0 Å². The Morgan fingerprint density at radius 3 is 2.92 bits per heavy atom. The van der Waals surface area contributed by atoms with Gasteiger partial charge in [-0.15, -0.1) is 0 Å². The second kappa shape index (κ2) is 7.37. The van der Waals surface area contributed by atoms with Crippen molar-refractivity contribution in [3.05, 3.63) is 35.2 Å². The molecule has 8 nitrogen and oxygen atoms in total. The Bertz CT molecular complexity index is 736. The fourth-order valence-electron chi connectivity index (χ4n) is 3.01. The summed E-state index contributed by atoms with van der Waals surface area (Å²) in [7, 11) is 3.44. The van der Waals surface area contributed by atoms with Crippen LogP contribution in [0.5, 0.6) is 0 Å². The molecule has 1 atom stereocenters. The lowest BCUT2D eigenvalue weighted by atomic mass is 10.2. The molecule has 136 valence electrons. The summed E-state index contributed by atoms with van der Waals surface area (Å²) in [5.41, 5.74) is 1.94. The van der Waals surface area contributed by atoms with Crippen molar-refractivity contribution in [2.24, 2.45) is 0 Å². The number of hydrogen-bond donors (Lipinski definition) is 0. The van der Waals surface area contributed by atoms with Crippen molar-refractivity contribution >= 4 is 5.91 Å². The molecule has 25 heavy (non-hydrogen) atoms. The van der Waals surface area contributed by atoms with Crippen LogP contribution in [0.1, 0.15) is 35.9 Å². The number of rotatable bonds is 6. The highest BCUT2D eigenvalue weighted by Gasteiger charge is 2.27. The Hall–Kier alpha value is -2.19. The molecule has 1 unspecified atom stereocenters. The summed E-state index contributed by atoms with van der Waals surface area (Å²) in [5, 5.41) is 4.08. The monoisotopic (exact) mass is 347 g/mol. The number of amides is 1. The van der Waals surface area contributed by atoms with E-state index in [0.717, 1.165) is 42.6 Å². The van der Waals surface area contributed by atoms with E-state index in [4.69, 9.17) is 9.26 Å². The molecule has 3 heterocycles. The first kappa shape index (κ1) is 17.6. The van der Waals surface area contributed by atoms with Crippen LogP contribution in [0.3, 0.4) is 0 Å². The number of imidazole rings is 1. The van der Waals surface area contributed by atoms with Gasteiger partial charge in [0.1, 0.15) is 18.2 Å². The van der Waals surface area contributed by atoms with E-state index in [-0.39, 0.29) is 18.6 Å². The highest BCUT2D eigenvalue weighted by atomic mass is 16.5. The summed E-state index contributed by atoms with van der Waals surface area (Å²) in [6, 6.07) is 2.15. The molecule has 0 fully saturated rings. The first-order valence-corrected chi connectivity index (χ1v) is 8.44. The van der Waals surface area contributed by atoms with E-state index < -0.39 is 0 Å².